The Balaban J connectivity index is 1.27. The summed E-state index contributed by atoms with van der Waals surface area (Å²) in [6.45, 7) is 8.36. The zero-order chi connectivity index (χ0) is 33.2. The summed E-state index contributed by atoms with van der Waals surface area (Å²) in [4.78, 5) is 64.6. The van der Waals surface area contributed by atoms with Crippen LogP contribution in [-0.4, -0.2) is 47.5 Å². The minimum absolute atomic E-state index is 0.0291. The normalized spacial score (nSPS) is 22.1. The molecule has 5 atom stereocenters. The highest BCUT2D eigenvalue weighted by Crippen LogP contribution is 2.61. The topological polar surface area (TPSA) is 149 Å². The van der Waals surface area contributed by atoms with Gasteiger partial charge in [0.1, 0.15) is 23.9 Å². The van der Waals surface area contributed by atoms with Gasteiger partial charge in [-0.1, -0.05) is 45.0 Å². The summed E-state index contributed by atoms with van der Waals surface area (Å²) in [5, 5.41) is 9.26. The van der Waals surface area contributed by atoms with E-state index in [1.54, 1.807) is 25.1 Å². The molecule has 2 aromatic heterocycles. The average Bonchev–Trinajstić information content (AvgIpc) is 3.37. The number of carbonyl (C=O) groups excluding carboxylic acids is 4. The molecule has 11 nitrogen and oxygen atoms in total. The maximum atomic E-state index is 13.5. The van der Waals surface area contributed by atoms with Crippen molar-refractivity contribution in [2.24, 2.45) is 23.2 Å². The van der Waals surface area contributed by atoms with E-state index in [4.69, 9.17) is 4.42 Å². The lowest BCUT2D eigenvalue weighted by atomic mass is 9.45. The van der Waals surface area contributed by atoms with Crippen LogP contribution in [0.15, 0.2) is 64.0 Å². The van der Waals surface area contributed by atoms with E-state index in [1.165, 1.54) is 42.5 Å². The van der Waals surface area contributed by atoms with E-state index in [2.05, 4.69) is 41.5 Å². The van der Waals surface area contributed by atoms with Gasteiger partial charge in [0.25, 0.3) is 11.5 Å². The van der Waals surface area contributed by atoms with E-state index in [0.717, 1.165) is 11.8 Å². The number of hydrogen-bond donors (Lipinski definition) is 3. The number of ether oxygens (including phenoxy) is 1. The Morgan fingerprint density at radius 3 is 2.59 bits per heavy atom. The quantitative estimate of drug-likeness (QED) is 0.211. The molecule has 0 spiro atoms. The predicted octanol–water partition coefficient (Wildman–Crippen LogP) is 4.34. The number of rotatable bonds is 11. The van der Waals surface area contributed by atoms with Gasteiger partial charge >= 0.3 is 5.97 Å². The van der Waals surface area contributed by atoms with Crippen LogP contribution < -0.4 is 21.5 Å². The molecule has 3 aliphatic carbocycles. The molecule has 6 rings (SSSR count). The molecule has 0 radical (unpaired) electrons. The lowest BCUT2D eigenvalue weighted by Crippen LogP contribution is -2.60. The van der Waals surface area contributed by atoms with Crippen molar-refractivity contribution < 1.29 is 28.3 Å². The molecule has 0 aliphatic heterocycles. The third-order valence-electron chi connectivity index (χ3n) is 10.0. The number of allylic oxidation sites excluding steroid dienone is 1. The number of aryl methyl sites for hydroxylation is 1. The molecular formula is C35H42N4O7. The van der Waals surface area contributed by atoms with E-state index in [-0.39, 0.29) is 42.8 Å². The zero-order valence-electron chi connectivity index (χ0n) is 26.9. The van der Waals surface area contributed by atoms with Crippen molar-refractivity contribution in [1.29, 1.82) is 0 Å². The summed E-state index contributed by atoms with van der Waals surface area (Å²) < 4.78 is 11.6. The van der Waals surface area contributed by atoms with Crippen molar-refractivity contribution in [1.82, 2.24) is 15.2 Å². The lowest BCUT2D eigenvalue weighted by molar-refractivity contribution is -0.135. The molecule has 46 heavy (non-hydrogen) atoms. The average molecular weight is 631 g/mol. The van der Waals surface area contributed by atoms with Gasteiger partial charge in [0.05, 0.1) is 7.11 Å². The first-order chi connectivity index (χ1) is 21.9. The number of aromatic nitrogens is 1. The van der Waals surface area contributed by atoms with Gasteiger partial charge < -0.3 is 29.7 Å². The number of anilines is 1. The van der Waals surface area contributed by atoms with Gasteiger partial charge in [-0.25, -0.2) is 4.79 Å². The number of nitrogens with one attached hydrogen (secondary N) is 3. The van der Waals surface area contributed by atoms with Crippen LogP contribution in [0.5, 0.6) is 0 Å². The number of nitrogens with zero attached hydrogens (tertiary/aromatic N) is 1. The molecule has 2 bridgehead atoms. The molecule has 3 aromatic rings. The minimum Gasteiger partial charge on any atom is -0.466 e. The van der Waals surface area contributed by atoms with Gasteiger partial charge in [-0.3, -0.25) is 19.2 Å². The minimum atomic E-state index is -1.08. The van der Waals surface area contributed by atoms with Gasteiger partial charge in [0, 0.05) is 29.3 Å². The fraction of sp³-hybridized carbons (Fsp3) is 0.457. The zero-order valence-corrected chi connectivity index (χ0v) is 26.9. The van der Waals surface area contributed by atoms with E-state index in [0.29, 0.717) is 34.3 Å². The van der Waals surface area contributed by atoms with E-state index >= 15 is 0 Å². The van der Waals surface area contributed by atoms with Crippen LogP contribution in [0.25, 0.3) is 11.0 Å². The van der Waals surface area contributed by atoms with Crippen molar-refractivity contribution in [2.45, 2.75) is 72.0 Å². The number of methoxy groups -OCH3 is 1. The number of esters is 1. The number of benzene rings is 1. The molecule has 3 N–H and O–H groups in total. The van der Waals surface area contributed by atoms with Crippen LogP contribution in [0, 0.1) is 30.1 Å². The fourth-order valence-electron chi connectivity index (χ4n) is 7.12. The number of carbonyl (C=O) groups is 4. The van der Waals surface area contributed by atoms with Crippen LogP contribution in [0.4, 0.5) is 5.69 Å². The number of pyridine rings is 1. The van der Waals surface area contributed by atoms with Crippen molar-refractivity contribution in [2.75, 3.05) is 12.4 Å². The smallest absolute Gasteiger partial charge is 0.330 e. The number of fused-ring (bicyclic) bond motifs is 3. The molecule has 2 heterocycles. The van der Waals surface area contributed by atoms with Crippen LogP contribution in [-0.2, 0) is 25.7 Å². The Hall–Kier alpha value is -4.67. The molecule has 0 saturated heterocycles. The van der Waals surface area contributed by atoms with Crippen LogP contribution in [0.1, 0.15) is 62.6 Å². The summed E-state index contributed by atoms with van der Waals surface area (Å²) in [6, 6.07) is 9.24. The lowest BCUT2D eigenvalue weighted by Gasteiger charge is -2.62. The molecular weight excluding hydrogens is 588 g/mol. The summed E-state index contributed by atoms with van der Waals surface area (Å²) >= 11 is 0. The Bertz CT molecular complexity index is 1740. The van der Waals surface area contributed by atoms with Gasteiger partial charge in [-0.2, -0.15) is 0 Å². The van der Waals surface area contributed by atoms with Crippen LogP contribution in [0.2, 0.25) is 0 Å². The Morgan fingerprint density at radius 2 is 1.89 bits per heavy atom. The maximum absolute atomic E-state index is 13.5. The number of hydrogen-bond acceptors (Lipinski definition) is 7. The summed E-state index contributed by atoms with van der Waals surface area (Å²) in [6.07, 6.45) is 6.77. The first-order valence-electron chi connectivity index (χ1n) is 15.7. The third-order valence-corrected chi connectivity index (χ3v) is 10.0. The number of para-hydroxylation sites is 1. The molecule has 1 aromatic carbocycles. The molecule has 244 valence electrons. The monoisotopic (exact) mass is 630 g/mol. The SMILES string of the molecule is COC(=O)/C=C/CC[C@H](NC(=O)c1oc2ccccc2c1C)C(=O)Nc1cccn(CC(=O)N[C@@H]2C[C@@H]3C[C@H]([C@H]2C)C3(C)C)c1=O. The Kier molecular flexibility index (Phi) is 9.50. The van der Waals surface area contributed by atoms with Gasteiger partial charge in [-0.15, -0.1) is 0 Å². The first-order valence-corrected chi connectivity index (χ1v) is 15.7. The highest BCUT2D eigenvalue weighted by molar-refractivity contribution is 6.03. The molecule has 3 aliphatic rings. The summed E-state index contributed by atoms with van der Waals surface area (Å²) in [5.41, 5.74) is 0.892. The largest absolute Gasteiger partial charge is 0.466 e. The van der Waals surface area contributed by atoms with Gasteiger partial charge in [0.2, 0.25) is 11.8 Å². The number of amides is 3. The molecule has 3 amide bonds. The molecule has 11 heteroatoms. The number of furan rings is 1. The highest BCUT2D eigenvalue weighted by Gasteiger charge is 2.56. The second kappa shape index (κ2) is 13.4. The van der Waals surface area contributed by atoms with Gasteiger partial charge in [0.15, 0.2) is 5.76 Å². The first kappa shape index (κ1) is 32.7. The summed E-state index contributed by atoms with van der Waals surface area (Å²) in [7, 11) is 1.26. The van der Waals surface area contributed by atoms with Crippen molar-refractivity contribution >= 4 is 40.3 Å². The molecule has 3 fully saturated rings. The van der Waals surface area contributed by atoms with E-state index < -0.39 is 29.4 Å². The Labute approximate surface area is 267 Å². The van der Waals surface area contributed by atoms with Crippen molar-refractivity contribution in [3.63, 3.8) is 0 Å². The second-order valence-corrected chi connectivity index (χ2v) is 13.1. The van der Waals surface area contributed by atoms with Crippen LogP contribution in [0.3, 0.4) is 0 Å². The van der Waals surface area contributed by atoms with E-state index in [1.807, 2.05) is 12.1 Å². The van der Waals surface area contributed by atoms with Gasteiger partial charge in [-0.05, 0) is 74.0 Å². The van der Waals surface area contributed by atoms with E-state index in [9.17, 15) is 24.0 Å². The standard InChI is InChI=1S/C35H42N4O7/c1-20-23-11-6-8-14-28(23)46-31(20)33(43)37-25(12-7-9-15-30(41)45-5)32(42)38-26-13-10-16-39(34(26)44)19-29(40)36-27-18-22-17-24(21(27)2)35(22,3)4/h6,8-11,13-16,21-22,24-25,27H,7,12,17-19H2,1-5H3,(H,36,40)(H,37,43)(H,38,42)/b15-9+/t21-,22+,24-,25+,27-/m1/s1. The summed E-state index contributed by atoms with van der Waals surface area (Å²) in [5.74, 6) is -0.453. The van der Waals surface area contributed by atoms with Crippen molar-refractivity contribution in [3.8, 4) is 0 Å². The maximum Gasteiger partial charge on any atom is 0.330 e. The highest BCUT2D eigenvalue weighted by atomic mass is 16.5. The Morgan fingerprint density at radius 1 is 1.13 bits per heavy atom. The predicted molar refractivity (Wildman–Crippen MR) is 173 cm³/mol. The molecule has 0 unspecified atom stereocenters. The van der Waals surface area contributed by atoms with Crippen molar-refractivity contribution in [3.05, 3.63) is 76.4 Å². The third kappa shape index (κ3) is 6.63. The fourth-order valence-corrected chi connectivity index (χ4v) is 7.12. The molecule has 3 saturated carbocycles. The van der Waals surface area contributed by atoms with Crippen LogP contribution >= 0.6 is 0 Å². The second-order valence-electron chi connectivity index (χ2n) is 13.1.